The smallest absolute Gasteiger partial charge is 0.128 e. The molecule has 0 saturated heterocycles. The lowest BCUT2D eigenvalue weighted by Crippen LogP contribution is -2.31. The Morgan fingerprint density at radius 3 is 2.39 bits per heavy atom. The van der Waals surface area contributed by atoms with Crippen molar-refractivity contribution in [2.75, 3.05) is 45.4 Å². The molecule has 18 heavy (non-hydrogen) atoms. The van der Waals surface area contributed by atoms with E-state index < -0.39 is 0 Å². The van der Waals surface area contributed by atoms with Gasteiger partial charge < -0.3 is 20.1 Å². The quantitative estimate of drug-likeness (QED) is 0.754. The molecule has 1 heterocycles. The van der Waals surface area contributed by atoms with E-state index in [2.05, 4.69) is 9.88 Å². The lowest BCUT2D eigenvalue weighted by molar-refractivity contribution is 0.190. The van der Waals surface area contributed by atoms with Gasteiger partial charge in [0.25, 0.3) is 0 Å². The van der Waals surface area contributed by atoms with Crippen LogP contribution in [0.1, 0.15) is 18.5 Å². The fraction of sp³-hybridized carbons (Fsp3) is 0.615. The molecule has 0 amide bonds. The van der Waals surface area contributed by atoms with Crippen LogP contribution in [0.3, 0.4) is 0 Å². The van der Waals surface area contributed by atoms with Gasteiger partial charge in [0, 0.05) is 39.5 Å². The van der Waals surface area contributed by atoms with Gasteiger partial charge in [0.05, 0.1) is 13.2 Å². The normalized spacial score (nSPS) is 12.4. The minimum absolute atomic E-state index is 0.0125. The second-order valence-corrected chi connectivity index (χ2v) is 4.21. The highest BCUT2D eigenvalue weighted by molar-refractivity contribution is 5.41. The molecule has 1 aromatic heterocycles. The third-order valence-electron chi connectivity index (χ3n) is 2.75. The Bertz CT molecular complexity index is 337. The predicted molar refractivity (Wildman–Crippen MR) is 72.8 cm³/mol. The van der Waals surface area contributed by atoms with Crippen LogP contribution in [0.4, 0.5) is 5.82 Å². The first-order chi connectivity index (χ1) is 8.69. The Balaban J connectivity index is 2.78. The van der Waals surface area contributed by atoms with E-state index in [9.17, 15) is 0 Å². The minimum atomic E-state index is 0.0125. The van der Waals surface area contributed by atoms with E-state index in [-0.39, 0.29) is 6.04 Å². The number of ether oxygens (including phenoxy) is 2. The summed E-state index contributed by atoms with van der Waals surface area (Å²) in [6, 6.07) is 3.98. The molecular formula is C13H23N3O2. The van der Waals surface area contributed by atoms with Crippen molar-refractivity contribution < 1.29 is 9.47 Å². The minimum Gasteiger partial charge on any atom is -0.383 e. The Hall–Kier alpha value is -1.17. The van der Waals surface area contributed by atoms with Gasteiger partial charge in [-0.15, -0.1) is 0 Å². The molecule has 0 radical (unpaired) electrons. The molecule has 1 aromatic rings. The lowest BCUT2D eigenvalue weighted by Gasteiger charge is -2.23. The predicted octanol–water partition coefficient (Wildman–Crippen LogP) is 1.20. The third kappa shape index (κ3) is 4.60. The van der Waals surface area contributed by atoms with Crippen molar-refractivity contribution in [1.82, 2.24) is 4.98 Å². The van der Waals surface area contributed by atoms with Crippen molar-refractivity contribution in [1.29, 1.82) is 0 Å². The van der Waals surface area contributed by atoms with Gasteiger partial charge in [-0.3, -0.25) is 0 Å². The summed E-state index contributed by atoms with van der Waals surface area (Å²) in [5.41, 5.74) is 6.97. The molecule has 1 atom stereocenters. The van der Waals surface area contributed by atoms with Gasteiger partial charge in [-0.1, -0.05) is 0 Å². The van der Waals surface area contributed by atoms with Crippen LogP contribution in [-0.2, 0) is 9.47 Å². The van der Waals surface area contributed by atoms with Crippen LogP contribution >= 0.6 is 0 Å². The highest BCUT2D eigenvalue weighted by atomic mass is 16.5. The van der Waals surface area contributed by atoms with E-state index in [1.807, 2.05) is 19.1 Å². The summed E-state index contributed by atoms with van der Waals surface area (Å²) >= 11 is 0. The van der Waals surface area contributed by atoms with E-state index in [1.165, 1.54) is 0 Å². The van der Waals surface area contributed by atoms with Gasteiger partial charge in [-0.05, 0) is 24.6 Å². The molecule has 1 rings (SSSR count). The molecule has 5 heteroatoms. The molecule has 0 aromatic carbocycles. The molecule has 0 aliphatic carbocycles. The molecule has 0 aliphatic rings. The molecule has 0 bridgehead atoms. The van der Waals surface area contributed by atoms with Crippen LogP contribution in [0, 0.1) is 0 Å². The Morgan fingerprint density at radius 2 is 1.89 bits per heavy atom. The average molecular weight is 253 g/mol. The fourth-order valence-electron chi connectivity index (χ4n) is 1.63. The van der Waals surface area contributed by atoms with Crippen LogP contribution in [0.2, 0.25) is 0 Å². The molecule has 0 aliphatic heterocycles. The summed E-state index contributed by atoms with van der Waals surface area (Å²) in [5.74, 6) is 0.916. The van der Waals surface area contributed by atoms with Gasteiger partial charge in [-0.25, -0.2) is 4.98 Å². The fourth-order valence-corrected chi connectivity index (χ4v) is 1.63. The van der Waals surface area contributed by atoms with Crippen molar-refractivity contribution in [3.8, 4) is 0 Å². The molecule has 0 spiro atoms. The zero-order chi connectivity index (χ0) is 13.4. The number of rotatable bonds is 8. The second kappa shape index (κ2) is 8.02. The summed E-state index contributed by atoms with van der Waals surface area (Å²) in [5, 5.41) is 0. The number of pyridine rings is 1. The number of methoxy groups -OCH3 is 2. The summed E-state index contributed by atoms with van der Waals surface area (Å²) in [6.07, 6.45) is 1.79. The zero-order valence-electron chi connectivity index (χ0n) is 11.4. The van der Waals surface area contributed by atoms with Gasteiger partial charge in [0.1, 0.15) is 5.82 Å². The number of aromatic nitrogens is 1. The monoisotopic (exact) mass is 253 g/mol. The summed E-state index contributed by atoms with van der Waals surface area (Å²) in [7, 11) is 3.39. The molecule has 0 saturated carbocycles. The maximum Gasteiger partial charge on any atom is 0.128 e. The first kappa shape index (κ1) is 14.9. The van der Waals surface area contributed by atoms with Crippen LogP contribution in [0.15, 0.2) is 18.3 Å². The number of anilines is 1. The highest BCUT2D eigenvalue weighted by Gasteiger charge is 2.09. The Kier molecular flexibility index (Phi) is 6.64. The topological polar surface area (TPSA) is 60.6 Å². The SMILES string of the molecule is COCCN(CCOC)c1cc([C@H](C)N)ccn1. The highest BCUT2D eigenvalue weighted by Crippen LogP contribution is 2.16. The molecule has 5 nitrogen and oxygen atoms in total. The van der Waals surface area contributed by atoms with E-state index in [0.29, 0.717) is 13.2 Å². The van der Waals surface area contributed by atoms with Crippen molar-refractivity contribution in [2.45, 2.75) is 13.0 Å². The molecule has 2 N–H and O–H groups in total. The van der Waals surface area contributed by atoms with Gasteiger partial charge in [0.15, 0.2) is 0 Å². The first-order valence-corrected chi connectivity index (χ1v) is 6.13. The van der Waals surface area contributed by atoms with E-state index in [0.717, 1.165) is 24.5 Å². The van der Waals surface area contributed by atoms with Crippen molar-refractivity contribution >= 4 is 5.82 Å². The van der Waals surface area contributed by atoms with E-state index >= 15 is 0 Å². The average Bonchev–Trinajstić information content (AvgIpc) is 2.39. The maximum absolute atomic E-state index is 5.89. The first-order valence-electron chi connectivity index (χ1n) is 6.13. The third-order valence-corrected chi connectivity index (χ3v) is 2.75. The maximum atomic E-state index is 5.89. The van der Waals surface area contributed by atoms with Crippen LogP contribution in [0.5, 0.6) is 0 Å². The lowest BCUT2D eigenvalue weighted by atomic mass is 10.1. The molecule has 0 fully saturated rings. The van der Waals surface area contributed by atoms with E-state index in [1.54, 1.807) is 20.4 Å². The second-order valence-electron chi connectivity index (χ2n) is 4.21. The molecular weight excluding hydrogens is 230 g/mol. The standard InChI is InChI=1S/C13H23N3O2/c1-11(14)12-4-5-15-13(10-12)16(6-8-17-2)7-9-18-3/h4-5,10-11H,6-9,14H2,1-3H3/t11-/m0/s1. The number of hydrogen-bond donors (Lipinski definition) is 1. The number of hydrogen-bond acceptors (Lipinski definition) is 5. The van der Waals surface area contributed by atoms with Crippen LogP contribution in [-0.4, -0.2) is 45.5 Å². The van der Waals surface area contributed by atoms with Gasteiger partial charge in [-0.2, -0.15) is 0 Å². The summed E-state index contributed by atoms with van der Waals surface area (Å²) in [4.78, 5) is 6.52. The Labute approximate surface area is 109 Å². The summed E-state index contributed by atoms with van der Waals surface area (Å²) < 4.78 is 10.2. The molecule has 102 valence electrons. The van der Waals surface area contributed by atoms with Crippen LogP contribution in [0.25, 0.3) is 0 Å². The van der Waals surface area contributed by atoms with Gasteiger partial charge in [0.2, 0.25) is 0 Å². The number of nitrogens with zero attached hydrogens (tertiary/aromatic N) is 2. The molecule has 0 unspecified atom stereocenters. The largest absolute Gasteiger partial charge is 0.383 e. The van der Waals surface area contributed by atoms with E-state index in [4.69, 9.17) is 15.2 Å². The van der Waals surface area contributed by atoms with Crippen molar-refractivity contribution in [3.05, 3.63) is 23.9 Å². The summed E-state index contributed by atoms with van der Waals surface area (Å²) in [6.45, 7) is 4.86. The van der Waals surface area contributed by atoms with Crippen molar-refractivity contribution in [3.63, 3.8) is 0 Å². The number of nitrogens with two attached hydrogens (primary N) is 1. The Morgan fingerprint density at radius 1 is 1.28 bits per heavy atom. The zero-order valence-corrected chi connectivity index (χ0v) is 11.4. The van der Waals surface area contributed by atoms with Gasteiger partial charge >= 0.3 is 0 Å². The van der Waals surface area contributed by atoms with Crippen molar-refractivity contribution in [2.24, 2.45) is 5.73 Å². The van der Waals surface area contributed by atoms with Crippen LogP contribution < -0.4 is 10.6 Å².